The van der Waals surface area contributed by atoms with Crippen LogP contribution in [-0.4, -0.2) is 24.0 Å². The van der Waals surface area contributed by atoms with Gasteiger partial charge in [0.05, 0.1) is 5.54 Å². The van der Waals surface area contributed by atoms with Crippen LogP contribution in [0.2, 0.25) is 0 Å². The molecule has 4 heteroatoms. The van der Waals surface area contributed by atoms with E-state index in [4.69, 9.17) is 11.5 Å². The minimum absolute atomic E-state index is 0.000787. The van der Waals surface area contributed by atoms with Gasteiger partial charge in [0.1, 0.15) is 0 Å². The lowest BCUT2D eigenvalue weighted by Gasteiger charge is -2.33. The van der Waals surface area contributed by atoms with Gasteiger partial charge in [-0.25, -0.2) is 0 Å². The van der Waals surface area contributed by atoms with Crippen LogP contribution in [0.5, 0.6) is 0 Å². The van der Waals surface area contributed by atoms with Crippen LogP contribution in [-0.2, 0) is 4.79 Å². The summed E-state index contributed by atoms with van der Waals surface area (Å²) in [5.74, 6) is -0.173. The van der Waals surface area contributed by atoms with E-state index in [2.05, 4.69) is 5.32 Å². The number of hydrogen-bond acceptors (Lipinski definition) is 3. The van der Waals surface area contributed by atoms with Crippen LogP contribution in [0, 0.1) is 5.92 Å². The van der Waals surface area contributed by atoms with Gasteiger partial charge in [0.25, 0.3) is 0 Å². The van der Waals surface area contributed by atoms with Crippen molar-refractivity contribution in [1.29, 1.82) is 0 Å². The molecule has 0 rings (SSSR count). The fourth-order valence-electron chi connectivity index (χ4n) is 1.38. The van der Waals surface area contributed by atoms with Gasteiger partial charge in [-0.3, -0.25) is 4.79 Å². The van der Waals surface area contributed by atoms with Crippen molar-refractivity contribution in [3.8, 4) is 0 Å². The second-order valence-corrected chi connectivity index (χ2v) is 4.33. The molecule has 0 radical (unpaired) electrons. The van der Waals surface area contributed by atoms with Crippen LogP contribution in [0.15, 0.2) is 0 Å². The number of rotatable bonds is 6. The molecule has 0 spiro atoms. The molecule has 0 saturated heterocycles. The number of carbonyl (C=O) groups is 1. The SMILES string of the molecule is CCC(CC)(CN)NC(=O)C(C)C(C)N. The van der Waals surface area contributed by atoms with Crippen molar-refractivity contribution < 1.29 is 4.79 Å². The predicted molar refractivity (Wildman–Crippen MR) is 63.3 cm³/mol. The van der Waals surface area contributed by atoms with Crippen molar-refractivity contribution in [3.63, 3.8) is 0 Å². The topological polar surface area (TPSA) is 81.1 Å². The molecule has 0 aliphatic carbocycles. The molecule has 0 fully saturated rings. The Morgan fingerprint density at radius 1 is 1.33 bits per heavy atom. The minimum Gasteiger partial charge on any atom is -0.349 e. The highest BCUT2D eigenvalue weighted by molar-refractivity contribution is 5.79. The number of nitrogens with one attached hydrogen (secondary N) is 1. The lowest BCUT2D eigenvalue weighted by Crippen LogP contribution is -2.55. The number of amides is 1. The third-order valence-electron chi connectivity index (χ3n) is 3.33. The van der Waals surface area contributed by atoms with E-state index in [1.54, 1.807) is 0 Å². The van der Waals surface area contributed by atoms with E-state index in [0.29, 0.717) is 6.54 Å². The highest BCUT2D eigenvalue weighted by Crippen LogP contribution is 2.14. The van der Waals surface area contributed by atoms with Gasteiger partial charge in [0.15, 0.2) is 0 Å². The standard InChI is InChI=1S/C11H25N3O/c1-5-11(6-2,7-12)14-10(15)8(3)9(4)13/h8-9H,5-7,12-13H2,1-4H3,(H,14,15). The fraction of sp³-hybridized carbons (Fsp3) is 0.909. The molecule has 0 aromatic heterocycles. The highest BCUT2D eigenvalue weighted by Gasteiger charge is 2.29. The monoisotopic (exact) mass is 215 g/mol. The number of nitrogens with two attached hydrogens (primary N) is 2. The summed E-state index contributed by atoms with van der Waals surface area (Å²) in [5, 5.41) is 3.02. The Morgan fingerprint density at radius 3 is 2.07 bits per heavy atom. The first-order valence-electron chi connectivity index (χ1n) is 5.70. The second kappa shape index (κ2) is 6.08. The van der Waals surface area contributed by atoms with E-state index in [1.165, 1.54) is 0 Å². The Kier molecular flexibility index (Phi) is 5.83. The van der Waals surface area contributed by atoms with Crippen LogP contribution < -0.4 is 16.8 Å². The quantitative estimate of drug-likeness (QED) is 0.607. The first-order chi connectivity index (χ1) is 6.92. The summed E-state index contributed by atoms with van der Waals surface area (Å²) in [4.78, 5) is 11.8. The fourth-order valence-corrected chi connectivity index (χ4v) is 1.38. The number of hydrogen-bond donors (Lipinski definition) is 3. The molecule has 0 bridgehead atoms. The van der Waals surface area contributed by atoms with Crippen molar-refractivity contribution in [3.05, 3.63) is 0 Å². The van der Waals surface area contributed by atoms with E-state index >= 15 is 0 Å². The summed E-state index contributed by atoms with van der Waals surface area (Å²) in [6.07, 6.45) is 1.69. The molecule has 0 aliphatic heterocycles. The van der Waals surface area contributed by atoms with Gasteiger partial charge >= 0.3 is 0 Å². The van der Waals surface area contributed by atoms with Gasteiger partial charge in [0, 0.05) is 18.5 Å². The zero-order valence-corrected chi connectivity index (χ0v) is 10.3. The summed E-state index contributed by atoms with van der Waals surface area (Å²) >= 11 is 0. The molecular weight excluding hydrogens is 190 g/mol. The van der Waals surface area contributed by atoms with Crippen molar-refractivity contribution >= 4 is 5.91 Å². The number of carbonyl (C=O) groups excluding carboxylic acids is 1. The van der Waals surface area contributed by atoms with Crippen molar-refractivity contribution in [2.24, 2.45) is 17.4 Å². The Hall–Kier alpha value is -0.610. The zero-order valence-electron chi connectivity index (χ0n) is 10.3. The molecule has 2 atom stereocenters. The minimum atomic E-state index is -0.264. The Bertz CT molecular complexity index is 192. The summed E-state index contributed by atoms with van der Waals surface area (Å²) < 4.78 is 0. The van der Waals surface area contributed by atoms with E-state index in [0.717, 1.165) is 12.8 Å². The van der Waals surface area contributed by atoms with Gasteiger partial charge in [-0.2, -0.15) is 0 Å². The Balaban J connectivity index is 4.48. The average molecular weight is 215 g/mol. The van der Waals surface area contributed by atoms with Crippen molar-refractivity contribution in [2.45, 2.75) is 52.1 Å². The Morgan fingerprint density at radius 2 is 1.80 bits per heavy atom. The van der Waals surface area contributed by atoms with Gasteiger partial charge in [-0.05, 0) is 19.8 Å². The normalized spacial score (nSPS) is 15.9. The summed E-state index contributed by atoms with van der Waals surface area (Å²) in [6, 6.07) is -0.130. The smallest absolute Gasteiger partial charge is 0.224 e. The van der Waals surface area contributed by atoms with Crippen molar-refractivity contribution in [2.75, 3.05) is 6.54 Å². The molecule has 90 valence electrons. The van der Waals surface area contributed by atoms with E-state index in [-0.39, 0.29) is 23.4 Å². The average Bonchev–Trinajstić information content (AvgIpc) is 2.24. The molecule has 0 aliphatic rings. The highest BCUT2D eigenvalue weighted by atomic mass is 16.2. The molecule has 4 nitrogen and oxygen atoms in total. The van der Waals surface area contributed by atoms with Gasteiger partial charge in [-0.15, -0.1) is 0 Å². The summed E-state index contributed by atoms with van der Waals surface area (Å²) in [7, 11) is 0. The lowest BCUT2D eigenvalue weighted by molar-refractivity contribution is -0.127. The third-order valence-corrected chi connectivity index (χ3v) is 3.33. The molecule has 0 aromatic carbocycles. The van der Waals surface area contributed by atoms with Gasteiger partial charge in [-0.1, -0.05) is 20.8 Å². The van der Waals surface area contributed by atoms with E-state index < -0.39 is 0 Å². The molecule has 0 saturated carbocycles. The maximum atomic E-state index is 11.8. The van der Waals surface area contributed by atoms with Crippen molar-refractivity contribution in [1.82, 2.24) is 5.32 Å². The molecule has 15 heavy (non-hydrogen) atoms. The molecule has 2 unspecified atom stereocenters. The van der Waals surface area contributed by atoms with E-state index in [1.807, 2.05) is 27.7 Å². The summed E-state index contributed by atoms with van der Waals surface area (Å²) in [5.41, 5.74) is 11.1. The molecule has 0 aromatic rings. The molecule has 0 heterocycles. The maximum absolute atomic E-state index is 11.8. The predicted octanol–water partition coefficient (Wildman–Crippen LogP) is 0.603. The molecular formula is C11H25N3O. The molecule has 5 N–H and O–H groups in total. The second-order valence-electron chi connectivity index (χ2n) is 4.33. The first kappa shape index (κ1) is 14.4. The van der Waals surface area contributed by atoms with Crippen LogP contribution >= 0.6 is 0 Å². The van der Waals surface area contributed by atoms with Crippen LogP contribution in [0.25, 0.3) is 0 Å². The third kappa shape index (κ3) is 3.80. The first-order valence-corrected chi connectivity index (χ1v) is 5.70. The maximum Gasteiger partial charge on any atom is 0.224 e. The van der Waals surface area contributed by atoms with Crippen LogP contribution in [0.3, 0.4) is 0 Å². The largest absolute Gasteiger partial charge is 0.349 e. The van der Waals surface area contributed by atoms with E-state index in [9.17, 15) is 4.79 Å². The van der Waals surface area contributed by atoms with Gasteiger partial charge < -0.3 is 16.8 Å². The van der Waals surface area contributed by atoms with Crippen LogP contribution in [0.4, 0.5) is 0 Å². The lowest BCUT2D eigenvalue weighted by atomic mass is 9.91. The van der Waals surface area contributed by atoms with Gasteiger partial charge in [0.2, 0.25) is 5.91 Å². The van der Waals surface area contributed by atoms with Crippen LogP contribution in [0.1, 0.15) is 40.5 Å². The Labute approximate surface area is 92.8 Å². The zero-order chi connectivity index (χ0) is 12.1. The molecule has 1 amide bonds. The summed E-state index contributed by atoms with van der Waals surface area (Å²) in [6.45, 7) is 8.22.